The van der Waals surface area contributed by atoms with Crippen molar-refractivity contribution in [3.63, 3.8) is 0 Å². The maximum absolute atomic E-state index is 13.0. The third-order valence-corrected chi connectivity index (χ3v) is 4.85. The van der Waals surface area contributed by atoms with Crippen LogP contribution < -0.4 is 9.80 Å². The Balaban J connectivity index is 1.96. The van der Waals surface area contributed by atoms with Crippen molar-refractivity contribution in [2.24, 2.45) is 0 Å². The lowest BCUT2D eigenvalue weighted by atomic mass is 10.1. The lowest BCUT2D eigenvalue weighted by molar-refractivity contribution is -0.119. The van der Waals surface area contributed by atoms with Gasteiger partial charge in [0.25, 0.3) is 5.91 Å². The Morgan fingerprint density at radius 3 is 2.35 bits per heavy atom. The zero-order chi connectivity index (χ0) is 18.7. The van der Waals surface area contributed by atoms with Crippen LogP contribution in [0, 0.1) is 6.92 Å². The van der Waals surface area contributed by atoms with E-state index in [0.717, 1.165) is 24.3 Å². The van der Waals surface area contributed by atoms with Crippen LogP contribution in [0.2, 0.25) is 0 Å². The summed E-state index contributed by atoms with van der Waals surface area (Å²) in [6, 6.07) is 15.1. The van der Waals surface area contributed by atoms with E-state index in [0.29, 0.717) is 17.8 Å². The van der Waals surface area contributed by atoms with E-state index < -0.39 is 0 Å². The van der Waals surface area contributed by atoms with Crippen molar-refractivity contribution in [2.75, 3.05) is 36.1 Å². The van der Waals surface area contributed by atoms with Gasteiger partial charge in [0.05, 0.1) is 17.8 Å². The Kier molecular flexibility index (Phi) is 5.38. The Labute approximate surface area is 154 Å². The maximum Gasteiger partial charge on any atom is 0.261 e. The molecule has 0 atom stereocenters. The van der Waals surface area contributed by atoms with E-state index in [2.05, 4.69) is 4.90 Å². The van der Waals surface area contributed by atoms with Gasteiger partial charge in [-0.05, 0) is 44.3 Å². The minimum Gasteiger partial charge on any atom is -0.295 e. The van der Waals surface area contributed by atoms with Gasteiger partial charge in [0.15, 0.2) is 0 Å². The van der Waals surface area contributed by atoms with Crippen molar-refractivity contribution >= 4 is 23.2 Å². The maximum atomic E-state index is 13.0. The summed E-state index contributed by atoms with van der Waals surface area (Å²) in [4.78, 5) is 31.4. The second kappa shape index (κ2) is 7.70. The molecule has 0 saturated heterocycles. The highest BCUT2D eigenvalue weighted by molar-refractivity contribution is 6.15. The summed E-state index contributed by atoms with van der Waals surface area (Å²) in [6.45, 7) is 8.32. The molecule has 2 amide bonds. The van der Waals surface area contributed by atoms with Gasteiger partial charge in [-0.15, -0.1) is 0 Å². The average molecular weight is 351 g/mol. The molecule has 0 unspecified atom stereocenters. The topological polar surface area (TPSA) is 43.9 Å². The normalized spacial score (nSPS) is 13.9. The number of benzene rings is 2. The Morgan fingerprint density at radius 2 is 1.69 bits per heavy atom. The summed E-state index contributed by atoms with van der Waals surface area (Å²) in [5.74, 6) is -0.0675. The molecule has 5 nitrogen and oxygen atoms in total. The first kappa shape index (κ1) is 18.1. The number of anilines is 2. The SMILES string of the molecule is CCN(CC)CC(=O)N1CN(c2ccc(C)cc2)C(=O)c2ccccc21. The molecule has 26 heavy (non-hydrogen) atoms. The van der Waals surface area contributed by atoms with Crippen LogP contribution in [0.15, 0.2) is 48.5 Å². The Morgan fingerprint density at radius 1 is 1.04 bits per heavy atom. The monoisotopic (exact) mass is 351 g/mol. The number of hydrogen-bond donors (Lipinski definition) is 0. The fraction of sp³-hybridized carbons (Fsp3) is 0.333. The quantitative estimate of drug-likeness (QED) is 0.830. The molecule has 3 rings (SSSR count). The first-order valence-electron chi connectivity index (χ1n) is 9.05. The number of amides is 2. The number of likely N-dealkylation sites (N-methyl/N-ethyl adjacent to an activating group) is 1. The van der Waals surface area contributed by atoms with Gasteiger partial charge >= 0.3 is 0 Å². The molecule has 0 spiro atoms. The smallest absolute Gasteiger partial charge is 0.261 e. The molecule has 0 bridgehead atoms. The number of nitrogens with zero attached hydrogens (tertiary/aromatic N) is 3. The molecule has 5 heteroatoms. The molecular formula is C21H25N3O2. The highest BCUT2D eigenvalue weighted by Gasteiger charge is 2.33. The molecule has 0 radical (unpaired) electrons. The van der Waals surface area contributed by atoms with Gasteiger partial charge in [0.1, 0.15) is 6.67 Å². The first-order chi connectivity index (χ1) is 12.5. The molecular weight excluding hydrogens is 326 g/mol. The molecule has 2 aromatic carbocycles. The van der Waals surface area contributed by atoms with Crippen LogP contribution in [0.25, 0.3) is 0 Å². The van der Waals surface area contributed by atoms with Crippen molar-refractivity contribution < 1.29 is 9.59 Å². The number of hydrogen-bond acceptors (Lipinski definition) is 3. The van der Waals surface area contributed by atoms with E-state index in [1.54, 1.807) is 15.9 Å². The number of aryl methyl sites for hydroxylation is 1. The van der Waals surface area contributed by atoms with Gasteiger partial charge in [-0.25, -0.2) is 0 Å². The van der Waals surface area contributed by atoms with Crippen LogP contribution in [-0.2, 0) is 4.79 Å². The fourth-order valence-corrected chi connectivity index (χ4v) is 3.18. The van der Waals surface area contributed by atoms with Crippen LogP contribution in [0.3, 0.4) is 0 Å². The lowest BCUT2D eigenvalue weighted by Crippen LogP contribution is -2.52. The van der Waals surface area contributed by atoms with Gasteiger partial charge in [0.2, 0.25) is 5.91 Å². The van der Waals surface area contributed by atoms with Gasteiger partial charge in [-0.1, -0.05) is 43.7 Å². The molecule has 1 aliphatic rings. The van der Waals surface area contributed by atoms with Crippen molar-refractivity contribution in [3.8, 4) is 0 Å². The van der Waals surface area contributed by atoms with Crippen LogP contribution in [0.5, 0.6) is 0 Å². The predicted molar refractivity (Wildman–Crippen MR) is 105 cm³/mol. The number of carbonyl (C=O) groups is 2. The number of para-hydroxylation sites is 1. The average Bonchev–Trinajstić information content (AvgIpc) is 2.67. The summed E-state index contributed by atoms with van der Waals surface area (Å²) < 4.78 is 0. The van der Waals surface area contributed by atoms with E-state index in [9.17, 15) is 9.59 Å². The Bertz CT molecular complexity index is 797. The van der Waals surface area contributed by atoms with Gasteiger partial charge in [-0.2, -0.15) is 0 Å². The van der Waals surface area contributed by atoms with E-state index in [4.69, 9.17) is 0 Å². The fourth-order valence-electron chi connectivity index (χ4n) is 3.18. The molecule has 0 saturated carbocycles. The molecule has 1 heterocycles. The summed E-state index contributed by atoms with van der Waals surface area (Å²) in [5, 5.41) is 0. The second-order valence-corrected chi connectivity index (χ2v) is 6.51. The zero-order valence-corrected chi connectivity index (χ0v) is 15.6. The Hall–Kier alpha value is -2.66. The van der Waals surface area contributed by atoms with Crippen molar-refractivity contribution in [1.82, 2.24) is 4.90 Å². The number of carbonyl (C=O) groups excluding carboxylic acids is 2. The van der Waals surface area contributed by atoms with E-state index in [1.165, 1.54) is 0 Å². The predicted octanol–water partition coefficient (Wildman–Crippen LogP) is 3.29. The summed E-state index contributed by atoms with van der Waals surface area (Å²) >= 11 is 0. The van der Waals surface area contributed by atoms with Crippen molar-refractivity contribution in [3.05, 3.63) is 59.7 Å². The van der Waals surface area contributed by atoms with Crippen molar-refractivity contribution in [1.29, 1.82) is 0 Å². The minimum atomic E-state index is -0.0728. The van der Waals surface area contributed by atoms with Gasteiger partial charge in [-0.3, -0.25) is 24.3 Å². The van der Waals surface area contributed by atoms with Crippen LogP contribution in [0.1, 0.15) is 29.8 Å². The third kappa shape index (κ3) is 3.48. The largest absolute Gasteiger partial charge is 0.295 e. The zero-order valence-electron chi connectivity index (χ0n) is 15.6. The molecule has 136 valence electrons. The second-order valence-electron chi connectivity index (χ2n) is 6.51. The third-order valence-electron chi connectivity index (χ3n) is 4.85. The number of rotatable bonds is 5. The number of fused-ring (bicyclic) bond motifs is 1. The summed E-state index contributed by atoms with van der Waals surface area (Å²) in [6.07, 6.45) is 0. The van der Waals surface area contributed by atoms with Gasteiger partial charge < -0.3 is 0 Å². The van der Waals surface area contributed by atoms with Crippen LogP contribution in [0.4, 0.5) is 11.4 Å². The van der Waals surface area contributed by atoms with E-state index in [-0.39, 0.29) is 18.5 Å². The first-order valence-corrected chi connectivity index (χ1v) is 9.05. The lowest BCUT2D eigenvalue weighted by Gasteiger charge is -2.37. The van der Waals surface area contributed by atoms with Gasteiger partial charge in [0, 0.05) is 5.69 Å². The summed E-state index contributed by atoms with van der Waals surface area (Å²) in [7, 11) is 0. The van der Waals surface area contributed by atoms with E-state index >= 15 is 0 Å². The standard InChI is InChI=1S/C21H25N3O2/c1-4-22(5-2)14-20(25)24-15-23(17-12-10-16(3)11-13-17)21(26)18-8-6-7-9-19(18)24/h6-13H,4-5,14-15H2,1-3H3. The van der Waals surface area contributed by atoms with Crippen LogP contribution in [-0.4, -0.2) is 43.0 Å². The molecule has 2 aromatic rings. The molecule has 0 fully saturated rings. The van der Waals surface area contributed by atoms with Crippen LogP contribution >= 0.6 is 0 Å². The van der Waals surface area contributed by atoms with E-state index in [1.807, 2.05) is 63.2 Å². The molecule has 1 aliphatic heterocycles. The van der Waals surface area contributed by atoms with Crippen molar-refractivity contribution in [2.45, 2.75) is 20.8 Å². The minimum absolute atomic E-state index is 0.00533. The molecule has 0 aliphatic carbocycles. The highest BCUT2D eigenvalue weighted by atomic mass is 16.2. The molecule has 0 N–H and O–H groups in total. The highest BCUT2D eigenvalue weighted by Crippen LogP contribution is 2.30. The summed E-state index contributed by atoms with van der Waals surface area (Å²) in [5.41, 5.74) is 3.19. The molecule has 0 aromatic heterocycles.